The molecule has 2 rings (SSSR count). The number of hydrogen-bond acceptors (Lipinski definition) is 3. The predicted molar refractivity (Wildman–Crippen MR) is 101 cm³/mol. The van der Waals surface area contributed by atoms with Crippen molar-refractivity contribution < 1.29 is 13.6 Å². The monoisotopic (exact) mass is 346 g/mol. The van der Waals surface area contributed by atoms with Gasteiger partial charge < -0.3 is 9.05 Å². The molecule has 24 heavy (non-hydrogen) atoms. The lowest BCUT2D eigenvalue weighted by molar-refractivity contribution is 0.229. The van der Waals surface area contributed by atoms with Crippen LogP contribution in [0.5, 0.6) is 0 Å². The van der Waals surface area contributed by atoms with Crippen molar-refractivity contribution in [3.05, 3.63) is 65.0 Å². The van der Waals surface area contributed by atoms with Gasteiger partial charge in [-0.05, 0) is 56.2 Å². The molecular formula is C20H27O3P. The van der Waals surface area contributed by atoms with E-state index < -0.39 is 7.60 Å². The summed E-state index contributed by atoms with van der Waals surface area (Å²) in [6.45, 7) is 4.39. The van der Waals surface area contributed by atoms with Gasteiger partial charge in [0.15, 0.2) is 0 Å². The van der Waals surface area contributed by atoms with Crippen molar-refractivity contribution in [1.82, 2.24) is 0 Å². The van der Waals surface area contributed by atoms with Gasteiger partial charge in [-0.3, -0.25) is 4.57 Å². The van der Waals surface area contributed by atoms with Crippen molar-refractivity contribution in [2.24, 2.45) is 0 Å². The Bertz CT molecular complexity index is 634. The van der Waals surface area contributed by atoms with Gasteiger partial charge in [-0.25, -0.2) is 0 Å². The summed E-state index contributed by atoms with van der Waals surface area (Å²) in [5, 5.41) is 0. The maximum absolute atomic E-state index is 12.9. The van der Waals surface area contributed by atoms with Crippen LogP contribution in [0.15, 0.2) is 59.4 Å². The smallest absolute Gasteiger partial charge is 0.306 e. The number of benzene rings is 1. The highest BCUT2D eigenvalue weighted by atomic mass is 31.2. The van der Waals surface area contributed by atoms with E-state index in [1.807, 2.05) is 56.3 Å². The van der Waals surface area contributed by atoms with E-state index in [4.69, 9.17) is 9.05 Å². The Morgan fingerprint density at radius 2 is 1.83 bits per heavy atom. The predicted octanol–water partition coefficient (Wildman–Crippen LogP) is 6.35. The van der Waals surface area contributed by atoms with E-state index in [2.05, 4.69) is 6.08 Å². The molecule has 1 aliphatic rings. The SMILES string of the molecule is CCOP(=O)(/C=C(/C=C/c1ccccc1)C1=CCCCC1)OCC. The highest BCUT2D eigenvalue weighted by Gasteiger charge is 2.22. The number of rotatable bonds is 8. The Hall–Kier alpha value is -1.41. The van der Waals surface area contributed by atoms with Gasteiger partial charge in [0.25, 0.3) is 0 Å². The van der Waals surface area contributed by atoms with Gasteiger partial charge in [0, 0.05) is 5.82 Å². The third-order valence-electron chi connectivity index (χ3n) is 3.83. The first kappa shape index (κ1) is 18.9. The van der Waals surface area contributed by atoms with E-state index >= 15 is 0 Å². The van der Waals surface area contributed by atoms with Crippen LogP contribution in [-0.2, 0) is 13.6 Å². The third-order valence-corrected chi connectivity index (χ3v) is 5.66. The molecule has 0 fully saturated rings. The zero-order valence-corrected chi connectivity index (χ0v) is 15.5. The summed E-state index contributed by atoms with van der Waals surface area (Å²) in [6, 6.07) is 10.1. The van der Waals surface area contributed by atoms with Gasteiger partial charge in [-0.1, -0.05) is 48.6 Å². The maximum atomic E-state index is 12.9. The topological polar surface area (TPSA) is 35.5 Å². The van der Waals surface area contributed by atoms with Gasteiger partial charge in [-0.15, -0.1) is 0 Å². The molecule has 3 nitrogen and oxygen atoms in total. The maximum Gasteiger partial charge on any atom is 0.354 e. The van der Waals surface area contributed by atoms with Gasteiger partial charge in [0.05, 0.1) is 13.2 Å². The molecule has 0 saturated carbocycles. The van der Waals surface area contributed by atoms with E-state index in [0.717, 1.165) is 30.4 Å². The van der Waals surface area contributed by atoms with Crippen LogP contribution >= 0.6 is 7.60 Å². The Kier molecular flexibility index (Phi) is 7.71. The fourth-order valence-corrected chi connectivity index (χ4v) is 4.26. The van der Waals surface area contributed by atoms with E-state index in [-0.39, 0.29) is 0 Å². The van der Waals surface area contributed by atoms with Gasteiger partial charge >= 0.3 is 7.60 Å². The zero-order valence-electron chi connectivity index (χ0n) is 14.6. The van der Waals surface area contributed by atoms with Gasteiger partial charge in [0.2, 0.25) is 0 Å². The standard InChI is InChI=1S/C20H27O3P/c1-3-22-24(21,23-4-2)17-20(19-13-9-6-10-14-19)16-15-18-11-7-5-8-12-18/h5,7-8,11-13,15-17H,3-4,6,9-10,14H2,1-2H3/b16-15+,20-17-. The minimum absolute atomic E-state index is 0.364. The molecule has 0 heterocycles. The van der Waals surface area contributed by atoms with Crippen molar-refractivity contribution in [2.75, 3.05) is 13.2 Å². The first-order valence-corrected chi connectivity index (χ1v) is 10.3. The molecule has 4 heteroatoms. The highest BCUT2D eigenvalue weighted by Crippen LogP contribution is 2.51. The van der Waals surface area contributed by atoms with Crippen LogP contribution in [0.4, 0.5) is 0 Å². The summed E-state index contributed by atoms with van der Waals surface area (Å²) in [5.74, 6) is 1.69. The third kappa shape index (κ3) is 5.90. The molecule has 1 aromatic carbocycles. The molecule has 0 radical (unpaired) electrons. The second kappa shape index (κ2) is 9.78. The van der Waals surface area contributed by atoms with Gasteiger partial charge in [-0.2, -0.15) is 0 Å². The lowest BCUT2D eigenvalue weighted by Crippen LogP contribution is -1.98. The van der Waals surface area contributed by atoms with E-state index in [0.29, 0.717) is 13.2 Å². The fourth-order valence-electron chi connectivity index (χ4n) is 2.73. The largest absolute Gasteiger partial charge is 0.354 e. The molecule has 0 N–H and O–H groups in total. The summed E-state index contributed by atoms with van der Waals surface area (Å²) in [4.78, 5) is 0. The summed E-state index contributed by atoms with van der Waals surface area (Å²) in [6.07, 6.45) is 10.8. The molecule has 0 spiro atoms. The molecule has 0 saturated heterocycles. The van der Waals surface area contributed by atoms with Crippen LogP contribution in [0, 0.1) is 0 Å². The van der Waals surface area contributed by atoms with E-state index in [1.54, 1.807) is 5.82 Å². The molecular weight excluding hydrogens is 319 g/mol. The van der Waals surface area contributed by atoms with Crippen LogP contribution in [0.2, 0.25) is 0 Å². The van der Waals surface area contributed by atoms with Crippen molar-refractivity contribution in [3.63, 3.8) is 0 Å². The Labute approximate surface area is 145 Å². The summed E-state index contributed by atoms with van der Waals surface area (Å²) in [5.41, 5.74) is 3.29. The molecule has 0 aromatic heterocycles. The molecule has 1 aromatic rings. The van der Waals surface area contributed by atoms with Crippen LogP contribution in [0.3, 0.4) is 0 Å². The van der Waals surface area contributed by atoms with E-state index in [9.17, 15) is 4.57 Å². The van der Waals surface area contributed by atoms with Crippen molar-refractivity contribution in [1.29, 1.82) is 0 Å². The van der Waals surface area contributed by atoms with Crippen LogP contribution in [0.25, 0.3) is 6.08 Å². The summed E-state index contributed by atoms with van der Waals surface area (Å²) >= 11 is 0. The minimum atomic E-state index is -3.22. The van der Waals surface area contributed by atoms with Crippen LogP contribution in [-0.4, -0.2) is 13.2 Å². The summed E-state index contributed by atoms with van der Waals surface area (Å²) in [7, 11) is -3.22. The van der Waals surface area contributed by atoms with Crippen molar-refractivity contribution >= 4 is 13.7 Å². The molecule has 1 aliphatic carbocycles. The molecule has 0 unspecified atom stereocenters. The van der Waals surface area contributed by atoms with Crippen molar-refractivity contribution in [2.45, 2.75) is 39.5 Å². The average Bonchev–Trinajstić information content (AvgIpc) is 2.61. The van der Waals surface area contributed by atoms with E-state index in [1.165, 1.54) is 12.0 Å². The average molecular weight is 346 g/mol. The Morgan fingerprint density at radius 3 is 2.42 bits per heavy atom. The molecule has 0 amide bonds. The van der Waals surface area contributed by atoms with Crippen LogP contribution < -0.4 is 0 Å². The fraction of sp³-hybridized carbons (Fsp3) is 0.400. The summed E-state index contributed by atoms with van der Waals surface area (Å²) < 4.78 is 23.8. The van der Waals surface area contributed by atoms with Gasteiger partial charge in [0.1, 0.15) is 0 Å². The van der Waals surface area contributed by atoms with Crippen LogP contribution in [0.1, 0.15) is 45.1 Å². The Morgan fingerprint density at radius 1 is 1.12 bits per heavy atom. The number of allylic oxidation sites excluding steroid dienone is 4. The van der Waals surface area contributed by atoms with Crippen molar-refractivity contribution in [3.8, 4) is 0 Å². The molecule has 0 bridgehead atoms. The first-order valence-electron chi connectivity index (χ1n) is 8.71. The number of hydrogen-bond donors (Lipinski definition) is 0. The lowest BCUT2D eigenvalue weighted by atomic mass is 9.94. The molecule has 0 atom stereocenters. The Balaban J connectivity index is 2.34. The second-order valence-corrected chi connectivity index (χ2v) is 7.53. The minimum Gasteiger partial charge on any atom is -0.306 e. The lowest BCUT2D eigenvalue weighted by Gasteiger charge is -2.18. The molecule has 0 aliphatic heterocycles. The highest BCUT2D eigenvalue weighted by molar-refractivity contribution is 7.57. The molecule has 130 valence electrons. The first-order chi connectivity index (χ1) is 11.7. The second-order valence-electron chi connectivity index (χ2n) is 5.68. The zero-order chi connectivity index (χ0) is 17.3. The quantitative estimate of drug-likeness (QED) is 0.406. The normalized spacial score (nSPS) is 16.4.